The molecule has 0 aliphatic carbocycles. The van der Waals surface area contributed by atoms with Gasteiger partial charge in [0, 0.05) is 69.8 Å². The van der Waals surface area contributed by atoms with Crippen LogP contribution in [-0.2, 0) is 11.3 Å². The Morgan fingerprint density at radius 2 is 2.04 bits per heavy atom. The van der Waals surface area contributed by atoms with Crippen LogP contribution in [0.15, 0.2) is 41.5 Å². The number of carboxylic acid groups (broad SMARTS) is 1. The van der Waals surface area contributed by atoms with Gasteiger partial charge in [0.15, 0.2) is 0 Å². The lowest BCUT2D eigenvalue weighted by atomic mass is 10.1. The van der Waals surface area contributed by atoms with Gasteiger partial charge in [-0.25, -0.2) is 9.97 Å². The molecule has 0 spiro atoms. The fourth-order valence-electron chi connectivity index (χ4n) is 3.87. The third kappa shape index (κ3) is 3.71. The van der Waals surface area contributed by atoms with Crippen molar-refractivity contribution in [1.82, 2.24) is 19.8 Å². The summed E-state index contributed by atoms with van der Waals surface area (Å²) in [6, 6.07) is 4.02. The Morgan fingerprint density at radius 1 is 1.19 bits per heavy atom. The second-order valence-electron chi connectivity index (χ2n) is 7.00. The van der Waals surface area contributed by atoms with Crippen LogP contribution in [0.5, 0.6) is 0 Å². The SMILES string of the molecule is O=C(O)[C@H]1CN(c2ncccn2)C[C@@H]2CN(Cc3ccoc3)CCN2C1. The first-order chi connectivity index (χ1) is 12.7. The molecular weight excluding hydrogens is 334 g/mol. The van der Waals surface area contributed by atoms with Crippen LogP contribution < -0.4 is 4.90 Å². The van der Waals surface area contributed by atoms with Crippen molar-refractivity contribution in [3.63, 3.8) is 0 Å². The number of carboxylic acids is 1. The van der Waals surface area contributed by atoms with E-state index < -0.39 is 11.9 Å². The third-order valence-electron chi connectivity index (χ3n) is 5.19. The molecule has 138 valence electrons. The lowest BCUT2D eigenvalue weighted by Gasteiger charge is -2.41. The largest absolute Gasteiger partial charge is 0.481 e. The highest BCUT2D eigenvalue weighted by Crippen LogP contribution is 2.22. The summed E-state index contributed by atoms with van der Waals surface area (Å²) in [6.45, 7) is 5.28. The highest BCUT2D eigenvalue weighted by molar-refractivity contribution is 5.71. The highest BCUT2D eigenvalue weighted by Gasteiger charge is 2.37. The van der Waals surface area contributed by atoms with Gasteiger partial charge in [-0.1, -0.05) is 0 Å². The fourth-order valence-corrected chi connectivity index (χ4v) is 3.87. The van der Waals surface area contributed by atoms with E-state index in [-0.39, 0.29) is 6.04 Å². The fraction of sp³-hybridized carbons (Fsp3) is 0.500. The summed E-state index contributed by atoms with van der Waals surface area (Å²) in [5, 5.41) is 9.63. The average molecular weight is 357 g/mol. The van der Waals surface area contributed by atoms with Gasteiger partial charge in [0.1, 0.15) is 0 Å². The maximum Gasteiger partial charge on any atom is 0.309 e. The molecule has 2 aromatic heterocycles. The Bertz CT molecular complexity index is 724. The predicted molar refractivity (Wildman–Crippen MR) is 94.7 cm³/mol. The number of carbonyl (C=O) groups is 1. The predicted octanol–water partition coefficient (Wildman–Crippen LogP) is 0.777. The number of fused-ring (bicyclic) bond motifs is 1. The van der Waals surface area contributed by atoms with Crippen LogP contribution in [-0.4, -0.2) is 76.2 Å². The van der Waals surface area contributed by atoms with E-state index in [1.54, 1.807) is 31.0 Å². The second kappa shape index (κ2) is 7.43. The number of furan rings is 1. The van der Waals surface area contributed by atoms with Crippen molar-refractivity contribution in [2.75, 3.05) is 44.2 Å². The average Bonchev–Trinajstić information content (AvgIpc) is 3.07. The molecule has 2 atom stereocenters. The minimum atomic E-state index is -0.757. The van der Waals surface area contributed by atoms with Gasteiger partial charge in [0.25, 0.3) is 0 Å². The molecule has 0 aromatic carbocycles. The van der Waals surface area contributed by atoms with E-state index in [1.807, 2.05) is 11.0 Å². The molecular formula is C18H23N5O3. The second-order valence-corrected chi connectivity index (χ2v) is 7.00. The first kappa shape index (κ1) is 17.0. The van der Waals surface area contributed by atoms with E-state index >= 15 is 0 Å². The zero-order valence-electron chi connectivity index (χ0n) is 14.6. The smallest absolute Gasteiger partial charge is 0.309 e. The standard InChI is InChI=1S/C18H23N5O3/c24-17(25)15-9-22-6-5-21(8-14-2-7-26-13-14)11-16(22)12-23(10-15)18-19-3-1-4-20-18/h1-4,7,13,15-16H,5-6,8-12H2,(H,24,25)/t15-,16+/m1/s1. The summed E-state index contributed by atoms with van der Waals surface area (Å²) >= 11 is 0. The Labute approximate surface area is 152 Å². The Kier molecular flexibility index (Phi) is 4.85. The topological polar surface area (TPSA) is 85.9 Å². The van der Waals surface area contributed by atoms with Crippen LogP contribution in [0.1, 0.15) is 5.56 Å². The van der Waals surface area contributed by atoms with Gasteiger partial charge in [-0.15, -0.1) is 0 Å². The molecule has 8 nitrogen and oxygen atoms in total. The molecule has 0 radical (unpaired) electrons. The van der Waals surface area contributed by atoms with E-state index in [1.165, 1.54) is 5.56 Å². The molecule has 2 saturated heterocycles. The quantitative estimate of drug-likeness (QED) is 0.859. The van der Waals surface area contributed by atoms with Crippen molar-refractivity contribution >= 4 is 11.9 Å². The molecule has 8 heteroatoms. The summed E-state index contributed by atoms with van der Waals surface area (Å²) in [7, 11) is 0. The van der Waals surface area contributed by atoms with Gasteiger partial charge in [0.05, 0.1) is 18.4 Å². The van der Waals surface area contributed by atoms with Crippen molar-refractivity contribution in [3.8, 4) is 0 Å². The Morgan fingerprint density at radius 3 is 2.77 bits per heavy atom. The molecule has 26 heavy (non-hydrogen) atoms. The first-order valence-electron chi connectivity index (χ1n) is 8.91. The minimum Gasteiger partial charge on any atom is -0.481 e. The van der Waals surface area contributed by atoms with Crippen LogP contribution in [0, 0.1) is 5.92 Å². The number of anilines is 1. The van der Waals surface area contributed by atoms with Gasteiger partial charge in [-0.3, -0.25) is 14.6 Å². The zero-order valence-corrected chi connectivity index (χ0v) is 14.6. The molecule has 4 rings (SSSR count). The number of rotatable bonds is 4. The van der Waals surface area contributed by atoms with E-state index in [9.17, 15) is 9.90 Å². The number of hydrogen-bond acceptors (Lipinski definition) is 7. The number of aliphatic carboxylic acids is 1. The molecule has 2 aliphatic heterocycles. The van der Waals surface area contributed by atoms with Crippen molar-refractivity contribution in [2.24, 2.45) is 5.92 Å². The van der Waals surface area contributed by atoms with E-state index in [2.05, 4.69) is 19.8 Å². The molecule has 2 fully saturated rings. The summed E-state index contributed by atoms with van der Waals surface area (Å²) in [6.07, 6.45) is 6.88. The molecule has 2 aliphatic rings. The third-order valence-corrected chi connectivity index (χ3v) is 5.19. The number of aromatic nitrogens is 2. The molecule has 0 amide bonds. The van der Waals surface area contributed by atoms with Gasteiger partial charge in [0.2, 0.25) is 5.95 Å². The molecule has 0 saturated carbocycles. The lowest BCUT2D eigenvalue weighted by molar-refractivity contribution is -0.142. The van der Waals surface area contributed by atoms with Crippen LogP contribution >= 0.6 is 0 Å². The summed E-state index contributed by atoms with van der Waals surface area (Å²) in [5.41, 5.74) is 1.17. The van der Waals surface area contributed by atoms with Gasteiger partial charge < -0.3 is 14.4 Å². The van der Waals surface area contributed by atoms with Crippen molar-refractivity contribution in [2.45, 2.75) is 12.6 Å². The molecule has 4 heterocycles. The van der Waals surface area contributed by atoms with Crippen LogP contribution in [0.4, 0.5) is 5.95 Å². The van der Waals surface area contributed by atoms with Crippen LogP contribution in [0.25, 0.3) is 0 Å². The molecule has 0 unspecified atom stereocenters. The van der Waals surface area contributed by atoms with Gasteiger partial charge >= 0.3 is 5.97 Å². The molecule has 0 bridgehead atoms. The number of hydrogen-bond donors (Lipinski definition) is 1. The first-order valence-corrected chi connectivity index (χ1v) is 8.91. The number of nitrogens with zero attached hydrogens (tertiary/aromatic N) is 5. The van der Waals surface area contributed by atoms with Crippen LogP contribution in [0.3, 0.4) is 0 Å². The maximum atomic E-state index is 11.7. The lowest BCUT2D eigenvalue weighted by Crippen LogP contribution is -2.55. The van der Waals surface area contributed by atoms with Crippen molar-refractivity contribution < 1.29 is 14.3 Å². The Balaban J connectivity index is 1.51. The summed E-state index contributed by atoms with van der Waals surface area (Å²) in [5.74, 6) is -0.593. The monoisotopic (exact) mass is 357 g/mol. The van der Waals surface area contributed by atoms with Crippen molar-refractivity contribution in [1.29, 1.82) is 0 Å². The maximum absolute atomic E-state index is 11.7. The Hall–Kier alpha value is -2.45. The van der Waals surface area contributed by atoms with Gasteiger partial charge in [-0.2, -0.15) is 0 Å². The van der Waals surface area contributed by atoms with Gasteiger partial charge in [-0.05, 0) is 12.1 Å². The van der Waals surface area contributed by atoms with E-state index in [0.717, 1.165) is 32.7 Å². The summed E-state index contributed by atoms with van der Waals surface area (Å²) < 4.78 is 5.17. The number of piperazine rings is 1. The normalized spacial score (nSPS) is 24.8. The minimum absolute atomic E-state index is 0.254. The molecule has 1 N–H and O–H groups in total. The molecule has 2 aromatic rings. The van der Waals surface area contributed by atoms with Crippen LogP contribution in [0.2, 0.25) is 0 Å². The zero-order chi connectivity index (χ0) is 17.9. The van der Waals surface area contributed by atoms with E-state index in [0.29, 0.717) is 19.0 Å². The van der Waals surface area contributed by atoms with E-state index in [4.69, 9.17) is 4.42 Å². The highest BCUT2D eigenvalue weighted by atomic mass is 16.4. The van der Waals surface area contributed by atoms with Crippen molar-refractivity contribution in [3.05, 3.63) is 42.6 Å². The summed E-state index contributed by atoms with van der Waals surface area (Å²) in [4.78, 5) is 27.1.